The highest BCUT2D eigenvalue weighted by Crippen LogP contribution is 2.41. The standard InChI is InChI=1S/C27H22Cl2N2O4/c1-2-3-4-13-34-19-9-5-16(6-10-19)24-23-25(32)20-14-17(28)7-11-21(20)35-26(23)27(33)31(24)22-12-8-18(29)15-30-22/h5-12,14-15,24H,2-4,13H2,1H3. The summed E-state index contributed by atoms with van der Waals surface area (Å²) >= 11 is 12.2. The monoisotopic (exact) mass is 508 g/mol. The van der Waals surface area contributed by atoms with E-state index in [-0.39, 0.29) is 16.8 Å². The van der Waals surface area contributed by atoms with E-state index in [4.69, 9.17) is 32.4 Å². The number of hydrogen-bond acceptors (Lipinski definition) is 5. The maximum Gasteiger partial charge on any atom is 0.296 e. The van der Waals surface area contributed by atoms with E-state index < -0.39 is 11.9 Å². The highest BCUT2D eigenvalue weighted by molar-refractivity contribution is 6.31. The molecule has 1 unspecified atom stereocenters. The molecule has 0 fully saturated rings. The third-order valence-corrected chi connectivity index (χ3v) is 6.46. The number of halogens is 2. The summed E-state index contributed by atoms with van der Waals surface area (Å²) < 4.78 is 11.8. The van der Waals surface area contributed by atoms with Crippen LogP contribution in [0.2, 0.25) is 10.0 Å². The van der Waals surface area contributed by atoms with Gasteiger partial charge in [-0.05, 0) is 54.4 Å². The van der Waals surface area contributed by atoms with Crippen LogP contribution < -0.4 is 15.1 Å². The van der Waals surface area contributed by atoms with Crippen LogP contribution in [0.4, 0.5) is 5.82 Å². The van der Waals surface area contributed by atoms with Gasteiger partial charge < -0.3 is 9.15 Å². The van der Waals surface area contributed by atoms with E-state index in [0.717, 1.165) is 30.6 Å². The summed E-state index contributed by atoms with van der Waals surface area (Å²) in [5.41, 5.74) is 0.965. The zero-order valence-electron chi connectivity index (χ0n) is 19.0. The Labute approximate surface area is 212 Å². The molecule has 3 heterocycles. The van der Waals surface area contributed by atoms with Gasteiger partial charge in [0.25, 0.3) is 5.91 Å². The largest absolute Gasteiger partial charge is 0.494 e. The molecule has 35 heavy (non-hydrogen) atoms. The normalized spacial score (nSPS) is 15.0. The van der Waals surface area contributed by atoms with Gasteiger partial charge in [-0.15, -0.1) is 0 Å². The molecule has 5 rings (SSSR count). The summed E-state index contributed by atoms with van der Waals surface area (Å²) in [6.45, 7) is 2.78. The van der Waals surface area contributed by atoms with Gasteiger partial charge in [-0.25, -0.2) is 4.98 Å². The molecule has 8 heteroatoms. The molecule has 0 aliphatic carbocycles. The summed E-state index contributed by atoms with van der Waals surface area (Å²) in [6, 6.07) is 14.7. The molecule has 178 valence electrons. The molecule has 0 saturated carbocycles. The number of pyridine rings is 1. The second kappa shape index (κ2) is 9.72. The van der Waals surface area contributed by atoms with Crippen molar-refractivity contribution in [2.75, 3.05) is 11.5 Å². The number of amides is 1. The van der Waals surface area contributed by atoms with Crippen molar-refractivity contribution in [3.05, 3.63) is 97.9 Å². The Kier molecular flexibility index (Phi) is 6.50. The minimum atomic E-state index is -0.736. The molecule has 2 aromatic carbocycles. The van der Waals surface area contributed by atoms with Crippen molar-refractivity contribution in [3.8, 4) is 5.75 Å². The van der Waals surface area contributed by atoms with E-state index in [1.807, 2.05) is 24.3 Å². The molecule has 2 aromatic heterocycles. The van der Waals surface area contributed by atoms with Gasteiger partial charge in [-0.2, -0.15) is 0 Å². The molecule has 4 aromatic rings. The Hall–Kier alpha value is -3.35. The SMILES string of the molecule is CCCCCOc1ccc(C2c3c(oc4ccc(Cl)cc4c3=O)C(=O)N2c2ccc(Cl)cn2)cc1. The molecule has 6 nitrogen and oxygen atoms in total. The highest BCUT2D eigenvalue weighted by atomic mass is 35.5. The number of unbranched alkanes of at least 4 members (excludes halogenated alkanes) is 2. The second-order valence-corrected chi connectivity index (χ2v) is 9.22. The molecule has 0 N–H and O–H groups in total. The number of hydrogen-bond donors (Lipinski definition) is 0. The van der Waals surface area contributed by atoms with Crippen molar-refractivity contribution in [1.82, 2.24) is 4.98 Å². The van der Waals surface area contributed by atoms with Crippen molar-refractivity contribution in [2.45, 2.75) is 32.2 Å². The van der Waals surface area contributed by atoms with Crippen molar-refractivity contribution < 1.29 is 13.9 Å². The molecule has 0 bridgehead atoms. The minimum Gasteiger partial charge on any atom is -0.494 e. The lowest BCUT2D eigenvalue weighted by molar-refractivity contribution is 0.0970. The number of carbonyl (C=O) groups is 1. The van der Waals surface area contributed by atoms with Gasteiger partial charge in [0, 0.05) is 11.2 Å². The molecule has 0 radical (unpaired) electrons. The van der Waals surface area contributed by atoms with Gasteiger partial charge in [0.1, 0.15) is 17.2 Å². The van der Waals surface area contributed by atoms with E-state index in [0.29, 0.717) is 33.4 Å². The fourth-order valence-corrected chi connectivity index (χ4v) is 4.58. The van der Waals surface area contributed by atoms with Gasteiger partial charge in [0.05, 0.1) is 28.6 Å². The molecule has 1 amide bonds. The maximum absolute atomic E-state index is 13.6. The van der Waals surface area contributed by atoms with Crippen LogP contribution in [0.5, 0.6) is 5.75 Å². The summed E-state index contributed by atoms with van der Waals surface area (Å²) in [5, 5.41) is 1.16. The molecular weight excluding hydrogens is 487 g/mol. The molecule has 1 aliphatic heterocycles. The van der Waals surface area contributed by atoms with Crippen LogP contribution in [0.25, 0.3) is 11.0 Å². The number of nitrogens with zero attached hydrogens (tertiary/aromatic N) is 2. The smallest absolute Gasteiger partial charge is 0.296 e. The lowest BCUT2D eigenvalue weighted by Gasteiger charge is -2.24. The van der Waals surface area contributed by atoms with Crippen molar-refractivity contribution in [1.29, 1.82) is 0 Å². The van der Waals surface area contributed by atoms with E-state index in [1.54, 1.807) is 30.3 Å². The fourth-order valence-electron chi connectivity index (χ4n) is 4.30. The molecular formula is C27H22Cl2N2O4. The molecule has 1 atom stereocenters. The number of rotatable bonds is 7. The zero-order chi connectivity index (χ0) is 24.5. The van der Waals surface area contributed by atoms with Crippen LogP contribution in [0.3, 0.4) is 0 Å². The van der Waals surface area contributed by atoms with Gasteiger partial charge >= 0.3 is 0 Å². The van der Waals surface area contributed by atoms with E-state index in [9.17, 15) is 9.59 Å². The van der Waals surface area contributed by atoms with Crippen LogP contribution in [-0.2, 0) is 0 Å². The first-order valence-electron chi connectivity index (χ1n) is 11.4. The summed E-state index contributed by atoms with van der Waals surface area (Å²) in [7, 11) is 0. The van der Waals surface area contributed by atoms with E-state index in [2.05, 4.69) is 11.9 Å². The Morgan fingerprint density at radius 1 is 1.00 bits per heavy atom. The highest BCUT2D eigenvalue weighted by Gasteiger charge is 2.44. The Bertz CT molecular complexity index is 1450. The number of fused-ring (bicyclic) bond motifs is 2. The van der Waals surface area contributed by atoms with Crippen LogP contribution in [0, 0.1) is 0 Å². The average Bonchev–Trinajstić information content (AvgIpc) is 3.16. The third-order valence-electron chi connectivity index (χ3n) is 6.00. The van der Waals surface area contributed by atoms with Gasteiger partial charge in [0.2, 0.25) is 5.76 Å². The molecule has 0 saturated heterocycles. The summed E-state index contributed by atoms with van der Waals surface area (Å²) in [5.74, 6) is 0.625. The average molecular weight is 509 g/mol. The third kappa shape index (κ3) is 4.40. The lowest BCUT2D eigenvalue weighted by atomic mass is 9.98. The van der Waals surface area contributed by atoms with E-state index in [1.165, 1.54) is 11.1 Å². The number of ether oxygens (including phenoxy) is 1. The van der Waals surface area contributed by atoms with Crippen LogP contribution in [-0.4, -0.2) is 17.5 Å². The van der Waals surface area contributed by atoms with Crippen molar-refractivity contribution in [2.24, 2.45) is 0 Å². The van der Waals surface area contributed by atoms with Crippen LogP contribution in [0.1, 0.15) is 53.9 Å². The predicted molar refractivity (Wildman–Crippen MR) is 137 cm³/mol. The van der Waals surface area contributed by atoms with Gasteiger partial charge in [0.15, 0.2) is 5.43 Å². The Balaban J connectivity index is 1.62. The van der Waals surface area contributed by atoms with Crippen molar-refractivity contribution in [3.63, 3.8) is 0 Å². The van der Waals surface area contributed by atoms with Crippen molar-refractivity contribution >= 4 is 45.9 Å². The lowest BCUT2D eigenvalue weighted by Crippen LogP contribution is -2.30. The quantitative estimate of drug-likeness (QED) is 0.256. The van der Waals surface area contributed by atoms with Gasteiger partial charge in [-0.3, -0.25) is 14.5 Å². The molecule has 1 aliphatic rings. The number of carbonyl (C=O) groups excluding carboxylic acids is 1. The Morgan fingerprint density at radius 2 is 1.77 bits per heavy atom. The molecule has 0 spiro atoms. The number of anilines is 1. The first-order valence-corrected chi connectivity index (χ1v) is 12.2. The van der Waals surface area contributed by atoms with Crippen LogP contribution >= 0.6 is 23.2 Å². The van der Waals surface area contributed by atoms with Crippen LogP contribution in [0.15, 0.2) is 70.0 Å². The fraction of sp³-hybridized carbons (Fsp3) is 0.222. The number of benzene rings is 2. The summed E-state index contributed by atoms with van der Waals surface area (Å²) in [6.07, 6.45) is 4.67. The topological polar surface area (TPSA) is 72.6 Å². The maximum atomic E-state index is 13.6. The second-order valence-electron chi connectivity index (χ2n) is 8.35. The first kappa shape index (κ1) is 23.4. The predicted octanol–water partition coefficient (Wildman–Crippen LogP) is 6.81. The van der Waals surface area contributed by atoms with E-state index >= 15 is 0 Å². The number of aromatic nitrogens is 1. The first-order chi connectivity index (χ1) is 17.0. The summed E-state index contributed by atoms with van der Waals surface area (Å²) in [4.78, 5) is 33.0. The zero-order valence-corrected chi connectivity index (χ0v) is 20.5. The minimum absolute atomic E-state index is 0.00790. The van der Waals surface area contributed by atoms with Gasteiger partial charge in [-0.1, -0.05) is 55.1 Å². The Morgan fingerprint density at radius 3 is 2.49 bits per heavy atom.